The van der Waals surface area contributed by atoms with Gasteiger partial charge in [0.15, 0.2) is 5.69 Å². The number of anilines is 2. The van der Waals surface area contributed by atoms with E-state index in [1.165, 1.54) is 65.5 Å². The molecule has 2 amide bonds. The second-order valence-electron chi connectivity index (χ2n) is 5.81. The number of nitrogens with one attached hydrogen (secondary N) is 2. The highest BCUT2D eigenvalue weighted by Gasteiger charge is 2.18. The molecule has 2 N–H and O–H groups in total. The molecule has 1 aromatic heterocycles. The van der Waals surface area contributed by atoms with E-state index in [0.717, 1.165) is 0 Å². The Morgan fingerprint density at radius 3 is 1.96 bits per heavy atom. The molecule has 0 fully saturated rings. The van der Waals surface area contributed by atoms with Crippen LogP contribution in [0.3, 0.4) is 0 Å². The molecule has 8 heteroatoms. The Balaban J connectivity index is 1.64. The standard InChI is InChI=1S/C19H16F2N4O2/c1-12(18(26)22-15-6-2-13(20)3-7-15)25-11-10-17(24-25)19(27)23-16-8-4-14(21)5-9-16/h2-12H,1H3,(H,22,26)(H,23,27)/t12-/m0/s1. The van der Waals surface area contributed by atoms with Crippen molar-refractivity contribution in [2.75, 3.05) is 10.6 Å². The first kappa shape index (κ1) is 18.2. The lowest BCUT2D eigenvalue weighted by Gasteiger charge is -2.12. The molecule has 1 heterocycles. The first-order chi connectivity index (χ1) is 12.9. The lowest BCUT2D eigenvalue weighted by molar-refractivity contribution is -0.119. The monoisotopic (exact) mass is 370 g/mol. The zero-order chi connectivity index (χ0) is 19.4. The molecule has 0 radical (unpaired) electrons. The molecule has 0 unspecified atom stereocenters. The Kier molecular flexibility index (Phi) is 5.25. The zero-order valence-corrected chi connectivity index (χ0v) is 14.3. The van der Waals surface area contributed by atoms with Gasteiger partial charge in [0.25, 0.3) is 5.91 Å². The summed E-state index contributed by atoms with van der Waals surface area (Å²) in [5.74, 6) is -1.65. The fourth-order valence-corrected chi connectivity index (χ4v) is 2.30. The molecule has 0 spiro atoms. The number of carbonyl (C=O) groups excluding carboxylic acids is 2. The summed E-state index contributed by atoms with van der Waals surface area (Å²) in [6, 6.07) is 11.5. The molecule has 0 saturated heterocycles. The molecule has 0 aliphatic carbocycles. The summed E-state index contributed by atoms with van der Waals surface area (Å²) in [4.78, 5) is 24.5. The summed E-state index contributed by atoms with van der Waals surface area (Å²) in [6.45, 7) is 1.62. The number of benzene rings is 2. The molecule has 3 rings (SSSR count). The molecule has 0 saturated carbocycles. The van der Waals surface area contributed by atoms with Gasteiger partial charge in [0.1, 0.15) is 17.7 Å². The van der Waals surface area contributed by atoms with Crippen molar-refractivity contribution in [3.05, 3.63) is 78.1 Å². The highest BCUT2D eigenvalue weighted by atomic mass is 19.1. The fourth-order valence-electron chi connectivity index (χ4n) is 2.30. The van der Waals surface area contributed by atoms with Crippen LogP contribution in [0.4, 0.5) is 20.2 Å². The molecule has 3 aromatic rings. The van der Waals surface area contributed by atoms with Crippen molar-refractivity contribution in [2.24, 2.45) is 0 Å². The molecular formula is C19H16F2N4O2. The van der Waals surface area contributed by atoms with Crippen LogP contribution in [-0.4, -0.2) is 21.6 Å². The Morgan fingerprint density at radius 1 is 0.889 bits per heavy atom. The number of hydrogen-bond acceptors (Lipinski definition) is 3. The molecule has 0 bridgehead atoms. The van der Waals surface area contributed by atoms with Crippen LogP contribution in [0.1, 0.15) is 23.5 Å². The van der Waals surface area contributed by atoms with E-state index in [-0.39, 0.29) is 11.6 Å². The normalized spacial score (nSPS) is 11.7. The number of amides is 2. The largest absolute Gasteiger partial charge is 0.324 e. The van der Waals surface area contributed by atoms with Gasteiger partial charge in [-0.25, -0.2) is 8.78 Å². The molecule has 138 valence electrons. The van der Waals surface area contributed by atoms with E-state index in [2.05, 4.69) is 15.7 Å². The number of hydrogen-bond donors (Lipinski definition) is 2. The van der Waals surface area contributed by atoms with Crippen molar-refractivity contribution >= 4 is 23.2 Å². The van der Waals surface area contributed by atoms with Crippen molar-refractivity contribution < 1.29 is 18.4 Å². The van der Waals surface area contributed by atoms with E-state index in [1.54, 1.807) is 6.92 Å². The van der Waals surface area contributed by atoms with E-state index in [9.17, 15) is 18.4 Å². The molecule has 0 aliphatic heterocycles. The highest BCUT2D eigenvalue weighted by molar-refractivity contribution is 6.02. The van der Waals surface area contributed by atoms with E-state index in [4.69, 9.17) is 0 Å². The van der Waals surface area contributed by atoms with Crippen LogP contribution in [0.15, 0.2) is 60.8 Å². The maximum atomic E-state index is 12.9. The Labute approximate surface area is 153 Å². The number of halogens is 2. The van der Waals surface area contributed by atoms with Crippen LogP contribution < -0.4 is 10.6 Å². The SMILES string of the molecule is C[C@@H](C(=O)Nc1ccc(F)cc1)n1ccc(C(=O)Nc2ccc(F)cc2)n1. The topological polar surface area (TPSA) is 76.0 Å². The Bertz CT molecular complexity index is 953. The van der Waals surface area contributed by atoms with Gasteiger partial charge in [0, 0.05) is 17.6 Å². The Morgan fingerprint density at radius 2 is 1.41 bits per heavy atom. The van der Waals surface area contributed by atoms with Gasteiger partial charge in [-0.05, 0) is 61.5 Å². The summed E-state index contributed by atoms with van der Waals surface area (Å²) in [6.07, 6.45) is 1.51. The summed E-state index contributed by atoms with van der Waals surface area (Å²) in [5, 5.41) is 9.35. The molecular weight excluding hydrogens is 354 g/mol. The zero-order valence-electron chi connectivity index (χ0n) is 14.3. The smallest absolute Gasteiger partial charge is 0.276 e. The second kappa shape index (κ2) is 7.77. The summed E-state index contributed by atoms with van der Waals surface area (Å²) >= 11 is 0. The van der Waals surface area contributed by atoms with Gasteiger partial charge in [-0.1, -0.05) is 0 Å². The average molecular weight is 370 g/mol. The average Bonchev–Trinajstić information content (AvgIpc) is 3.15. The second-order valence-corrected chi connectivity index (χ2v) is 5.81. The highest BCUT2D eigenvalue weighted by Crippen LogP contribution is 2.14. The van der Waals surface area contributed by atoms with Gasteiger partial charge in [-0.3, -0.25) is 14.3 Å². The van der Waals surface area contributed by atoms with Gasteiger partial charge in [0.05, 0.1) is 0 Å². The van der Waals surface area contributed by atoms with E-state index in [0.29, 0.717) is 11.4 Å². The van der Waals surface area contributed by atoms with Gasteiger partial charge in [-0.2, -0.15) is 5.10 Å². The molecule has 1 atom stereocenters. The van der Waals surface area contributed by atoms with Gasteiger partial charge >= 0.3 is 0 Å². The summed E-state index contributed by atoms with van der Waals surface area (Å²) < 4.78 is 27.2. The fraction of sp³-hybridized carbons (Fsp3) is 0.105. The minimum absolute atomic E-state index is 0.112. The summed E-state index contributed by atoms with van der Waals surface area (Å²) in [5.41, 5.74) is 0.994. The first-order valence-electron chi connectivity index (χ1n) is 8.11. The lowest BCUT2D eigenvalue weighted by Crippen LogP contribution is -2.24. The maximum absolute atomic E-state index is 12.9. The van der Waals surface area contributed by atoms with E-state index >= 15 is 0 Å². The minimum Gasteiger partial charge on any atom is -0.324 e. The van der Waals surface area contributed by atoms with Gasteiger partial charge in [0.2, 0.25) is 5.91 Å². The van der Waals surface area contributed by atoms with E-state index < -0.39 is 23.6 Å². The van der Waals surface area contributed by atoms with Crippen molar-refractivity contribution in [3.8, 4) is 0 Å². The first-order valence-corrected chi connectivity index (χ1v) is 8.11. The quantitative estimate of drug-likeness (QED) is 0.720. The third-order valence-electron chi connectivity index (χ3n) is 3.83. The number of aromatic nitrogens is 2. The number of rotatable bonds is 5. The van der Waals surface area contributed by atoms with Gasteiger partial charge in [-0.15, -0.1) is 0 Å². The third-order valence-corrected chi connectivity index (χ3v) is 3.83. The third kappa shape index (κ3) is 4.55. The van der Waals surface area contributed by atoms with Crippen LogP contribution in [0, 0.1) is 11.6 Å². The molecule has 2 aromatic carbocycles. The predicted molar refractivity (Wildman–Crippen MR) is 96.3 cm³/mol. The number of carbonyl (C=O) groups is 2. The van der Waals surface area contributed by atoms with Crippen LogP contribution >= 0.6 is 0 Å². The van der Waals surface area contributed by atoms with Crippen LogP contribution in [-0.2, 0) is 4.79 Å². The minimum atomic E-state index is -0.692. The Hall–Kier alpha value is -3.55. The van der Waals surface area contributed by atoms with Crippen molar-refractivity contribution in [1.29, 1.82) is 0 Å². The lowest BCUT2D eigenvalue weighted by atomic mass is 10.2. The molecule has 27 heavy (non-hydrogen) atoms. The van der Waals surface area contributed by atoms with Crippen LogP contribution in [0.25, 0.3) is 0 Å². The number of nitrogens with zero attached hydrogens (tertiary/aromatic N) is 2. The molecule has 0 aliphatic rings. The van der Waals surface area contributed by atoms with E-state index in [1.807, 2.05) is 0 Å². The van der Waals surface area contributed by atoms with Crippen LogP contribution in [0.5, 0.6) is 0 Å². The maximum Gasteiger partial charge on any atom is 0.276 e. The summed E-state index contributed by atoms with van der Waals surface area (Å²) in [7, 11) is 0. The van der Waals surface area contributed by atoms with Crippen molar-refractivity contribution in [3.63, 3.8) is 0 Å². The van der Waals surface area contributed by atoms with Crippen molar-refractivity contribution in [1.82, 2.24) is 9.78 Å². The predicted octanol–water partition coefficient (Wildman–Crippen LogP) is 3.61. The van der Waals surface area contributed by atoms with Gasteiger partial charge < -0.3 is 10.6 Å². The van der Waals surface area contributed by atoms with Crippen molar-refractivity contribution in [2.45, 2.75) is 13.0 Å². The molecule has 6 nitrogen and oxygen atoms in total. The van der Waals surface area contributed by atoms with Crippen LogP contribution in [0.2, 0.25) is 0 Å².